The van der Waals surface area contributed by atoms with E-state index in [1.54, 1.807) is 43.1 Å². The van der Waals surface area contributed by atoms with Crippen LogP contribution < -0.4 is 15.8 Å². The number of amides is 2. The van der Waals surface area contributed by atoms with E-state index in [0.29, 0.717) is 28.2 Å². The van der Waals surface area contributed by atoms with Gasteiger partial charge in [0.05, 0.1) is 13.7 Å². The maximum absolute atomic E-state index is 13.3. The molecule has 240 valence electrons. The Kier molecular flexibility index (Phi) is 8.48. The minimum atomic E-state index is -0.283. The second kappa shape index (κ2) is 12.7. The van der Waals surface area contributed by atoms with Crippen molar-refractivity contribution in [3.8, 4) is 5.82 Å². The molecule has 4 aromatic rings. The summed E-state index contributed by atoms with van der Waals surface area (Å²) in [5.74, 6) is 0.456. The van der Waals surface area contributed by atoms with Gasteiger partial charge >= 0.3 is 6.09 Å². The molecule has 13 heteroatoms. The molecule has 2 aliphatic rings. The maximum atomic E-state index is 13.3. The Bertz CT molecular complexity index is 1810. The van der Waals surface area contributed by atoms with Crippen LogP contribution in [0.3, 0.4) is 0 Å². The fourth-order valence-corrected chi connectivity index (χ4v) is 6.41. The highest BCUT2D eigenvalue weighted by Gasteiger charge is 2.38. The molecule has 0 bridgehead atoms. The fraction of sp³-hybridized carbons (Fsp3) is 0.394. The summed E-state index contributed by atoms with van der Waals surface area (Å²) < 4.78 is 7.97. The van der Waals surface area contributed by atoms with Crippen LogP contribution in [0.2, 0.25) is 0 Å². The van der Waals surface area contributed by atoms with E-state index in [0.717, 1.165) is 63.2 Å². The summed E-state index contributed by atoms with van der Waals surface area (Å²) >= 11 is 0. The molecule has 6 rings (SSSR count). The van der Waals surface area contributed by atoms with Crippen molar-refractivity contribution in [2.24, 2.45) is 5.41 Å². The SMILES string of the molecule is C=CCn1c(=O)c2cnc(Nc3ccc(N4CCC5(CCN(C(=O)OC)CC5)CC4)cc3)nc2n1-c1cccc(C(=O)N(C)C)n1. The zero-order valence-corrected chi connectivity index (χ0v) is 26.5. The Morgan fingerprint density at radius 3 is 2.37 bits per heavy atom. The number of fused-ring (bicyclic) bond motifs is 1. The Morgan fingerprint density at radius 2 is 1.72 bits per heavy atom. The van der Waals surface area contributed by atoms with Gasteiger partial charge in [0.1, 0.15) is 11.1 Å². The molecular weight excluding hydrogens is 586 g/mol. The molecule has 2 aliphatic heterocycles. The number of methoxy groups -OCH3 is 1. The van der Waals surface area contributed by atoms with Crippen molar-refractivity contribution in [3.05, 3.63) is 77.4 Å². The first kappa shape index (κ1) is 30.8. The normalized spacial score (nSPS) is 16.0. The van der Waals surface area contributed by atoms with Gasteiger partial charge in [-0.2, -0.15) is 4.98 Å². The molecule has 1 spiro atoms. The van der Waals surface area contributed by atoms with Crippen LogP contribution in [0.15, 0.2) is 66.1 Å². The van der Waals surface area contributed by atoms with Crippen LogP contribution in [-0.4, -0.2) is 93.5 Å². The number of benzene rings is 1. The maximum Gasteiger partial charge on any atom is 0.409 e. The third kappa shape index (κ3) is 5.92. The van der Waals surface area contributed by atoms with Gasteiger partial charge in [-0.25, -0.2) is 24.1 Å². The number of rotatable bonds is 7. The van der Waals surface area contributed by atoms with E-state index in [2.05, 4.69) is 38.9 Å². The summed E-state index contributed by atoms with van der Waals surface area (Å²) in [6.45, 7) is 7.48. The number of piperidine rings is 2. The third-order valence-electron chi connectivity index (χ3n) is 9.12. The highest BCUT2D eigenvalue weighted by molar-refractivity contribution is 5.92. The van der Waals surface area contributed by atoms with Crippen molar-refractivity contribution in [1.29, 1.82) is 0 Å². The molecule has 1 N–H and O–H groups in total. The van der Waals surface area contributed by atoms with Gasteiger partial charge in [-0.1, -0.05) is 12.1 Å². The number of carbonyl (C=O) groups excluding carboxylic acids is 2. The van der Waals surface area contributed by atoms with Crippen LogP contribution in [0.5, 0.6) is 0 Å². The summed E-state index contributed by atoms with van der Waals surface area (Å²) in [6.07, 6.45) is 7.13. The predicted octanol–water partition coefficient (Wildman–Crippen LogP) is 4.06. The number of nitrogens with one attached hydrogen (secondary N) is 1. The molecule has 2 saturated heterocycles. The van der Waals surface area contributed by atoms with Crippen LogP contribution in [-0.2, 0) is 11.3 Å². The van der Waals surface area contributed by atoms with Crippen LogP contribution in [0, 0.1) is 5.41 Å². The Labute approximate surface area is 267 Å². The van der Waals surface area contributed by atoms with E-state index >= 15 is 0 Å². The summed E-state index contributed by atoms with van der Waals surface area (Å²) in [4.78, 5) is 57.2. The molecule has 0 atom stereocenters. The van der Waals surface area contributed by atoms with Crippen LogP contribution in [0.25, 0.3) is 16.9 Å². The van der Waals surface area contributed by atoms with E-state index in [4.69, 9.17) is 9.72 Å². The lowest BCUT2D eigenvalue weighted by Gasteiger charge is -2.47. The lowest BCUT2D eigenvalue weighted by Crippen LogP contribution is -2.48. The lowest BCUT2D eigenvalue weighted by molar-refractivity contribution is 0.0646. The van der Waals surface area contributed by atoms with Gasteiger partial charge in [0.2, 0.25) is 5.95 Å². The Balaban J connectivity index is 1.19. The summed E-state index contributed by atoms with van der Waals surface area (Å²) in [5.41, 5.74) is 2.59. The third-order valence-corrected chi connectivity index (χ3v) is 9.12. The molecular formula is C33H39N9O4. The highest BCUT2D eigenvalue weighted by Crippen LogP contribution is 2.42. The smallest absolute Gasteiger partial charge is 0.409 e. The largest absolute Gasteiger partial charge is 0.453 e. The molecule has 0 aliphatic carbocycles. The first-order valence-electron chi connectivity index (χ1n) is 15.5. The summed E-state index contributed by atoms with van der Waals surface area (Å²) in [6, 6.07) is 13.3. The number of hydrogen-bond acceptors (Lipinski definition) is 9. The summed E-state index contributed by atoms with van der Waals surface area (Å²) in [5, 5.41) is 3.59. The van der Waals surface area contributed by atoms with Gasteiger partial charge < -0.3 is 24.8 Å². The van der Waals surface area contributed by atoms with Gasteiger partial charge in [0.25, 0.3) is 11.5 Å². The van der Waals surface area contributed by atoms with Crippen molar-refractivity contribution < 1.29 is 14.3 Å². The van der Waals surface area contributed by atoms with Crippen LogP contribution in [0.4, 0.5) is 22.1 Å². The molecule has 2 amide bonds. The van der Waals surface area contributed by atoms with Gasteiger partial charge in [-0.3, -0.25) is 9.59 Å². The number of ether oxygens (including phenoxy) is 1. The van der Waals surface area contributed by atoms with E-state index in [-0.39, 0.29) is 29.8 Å². The molecule has 3 aromatic heterocycles. The zero-order chi connectivity index (χ0) is 32.4. The van der Waals surface area contributed by atoms with Crippen molar-refractivity contribution in [1.82, 2.24) is 34.1 Å². The Morgan fingerprint density at radius 1 is 1.02 bits per heavy atom. The first-order chi connectivity index (χ1) is 22.2. The summed E-state index contributed by atoms with van der Waals surface area (Å²) in [7, 11) is 4.76. The quantitative estimate of drug-likeness (QED) is 0.302. The predicted molar refractivity (Wildman–Crippen MR) is 176 cm³/mol. The first-order valence-corrected chi connectivity index (χ1v) is 15.5. The number of pyridine rings is 1. The van der Waals surface area contributed by atoms with Gasteiger partial charge in [0.15, 0.2) is 11.5 Å². The molecule has 5 heterocycles. The Hall–Kier alpha value is -5.20. The van der Waals surface area contributed by atoms with E-state index in [9.17, 15) is 14.4 Å². The number of nitrogens with zero attached hydrogens (tertiary/aromatic N) is 8. The van der Waals surface area contributed by atoms with Crippen LogP contribution in [0.1, 0.15) is 36.2 Å². The highest BCUT2D eigenvalue weighted by atomic mass is 16.5. The van der Waals surface area contributed by atoms with E-state index in [1.807, 2.05) is 17.0 Å². The molecule has 1 aromatic carbocycles. The monoisotopic (exact) mass is 625 g/mol. The topological polar surface area (TPSA) is 131 Å². The van der Waals surface area contributed by atoms with E-state index in [1.165, 1.54) is 22.9 Å². The number of allylic oxidation sites excluding steroid dienone is 1. The van der Waals surface area contributed by atoms with Crippen molar-refractivity contribution in [2.45, 2.75) is 32.2 Å². The second-order valence-corrected chi connectivity index (χ2v) is 12.1. The zero-order valence-electron chi connectivity index (χ0n) is 26.5. The molecule has 46 heavy (non-hydrogen) atoms. The molecule has 0 radical (unpaired) electrons. The molecule has 0 unspecified atom stereocenters. The van der Waals surface area contributed by atoms with Crippen molar-refractivity contribution >= 4 is 40.4 Å². The molecule has 2 fully saturated rings. The van der Waals surface area contributed by atoms with Gasteiger partial charge in [0, 0.05) is 57.8 Å². The number of anilines is 3. The number of hydrogen-bond donors (Lipinski definition) is 1. The fourth-order valence-electron chi connectivity index (χ4n) is 6.41. The number of aromatic nitrogens is 5. The van der Waals surface area contributed by atoms with Crippen molar-refractivity contribution in [3.63, 3.8) is 0 Å². The number of likely N-dealkylation sites (tertiary alicyclic amines) is 1. The molecule has 0 saturated carbocycles. The standard InChI is InChI=1S/C33H39N9O4/c1-5-17-41-29(43)25-22-34-31(37-28(25)42(41)27-8-6-7-26(36-27)30(44)38(2)3)35-23-9-11-24(12-10-23)39-18-13-33(14-19-39)15-20-40(21-16-33)32(45)46-4/h5-12,22H,1,13-21H2,2-4H3,(H,34,35,37). The number of carbonyl (C=O) groups is 2. The van der Waals surface area contributed by atoms with Crippen molar-refractivity contribution in [2.75, 3.05) is 57.6 Å². The molecule has 13 nitrogen and oxygen atoms in total. The second-order valence-electron chi connectivity index (χ2n) is 12.1. The average Bonchev–Trinajstić information content (AvgIpc) is 3.35. The lowest BCUT2D eigenvalue weighted by atomic mass is 9.71. The van der Waals surface area contributed by atoms with E-state index < -0.39 is 0 Å². The minimum Gasteiger partial charge on any atom is -0.453 e. The minimum absolute atomic E-state index is 0.219. The van der Waals surface area contributed by atoms with Crippen LogP contribution >= 0.6 is 0 Å². The van der Waals surface area contributed by atoms with Gasteiger partial charge in [-0.15, -0.1) is 6.58 Å². The van der Waals surface area contributed by atoms with Gasteiger partial charge in [-0.05, 0) is 67.5 Å². The average molecular weight is 626 g/mol.